The average molecular weight is 183 g/mol. The van der Waals surface area contributed by atoms with Crippen LogP contribution in [-0.2, 0) is 0 Å². The third-order valence-corrected chi connectivity index (χ3v) is 3.62. The second kappa shape index (κ2) is 4.99. The Labute approximate surface area is 83.5 Å². The van der Waals surface area contributed by atoms with E-state index in [1.165, 1.54) is 51.6 Å². The van der Waals surface area contributed by atoms with Gasteiger partial charge in [-0.15, -0.1) is 0 Å². The van der Waals surface area contributed by atoms with Gasteiger partial charge in [0.1, 0.15) is 0 Å². The summed E-state index contributed by atoms with van der Waals surface area (Å²) in [5, 5.41) is 0. The summed E-state index contributed by atoms with van der Waals surface area (Å²) in [7, 11) is 2.27. The maximum atomic E-state index is 2.50. The van der Waals surface area contributed by atoms with Crippen LogP contribution in [0.4, 0.5) is 0 Å². The largest absolute Gasteiger partial charge is 0.306 e. The maximum absolute atomic E-state index is 2.50. The van der Waals surface area contributed by atoms with Crippen LogP contribution >= 0.6 is 0 Å². The van der Waals surface area contributed by atoms with Crippen molar-refractivity contribution in [1.29, 1.82) is 0 Å². The van der Waals surface area contributed by atoms with Gasteiger partial charge in [-0.3, -0.25) is 0 Å². The standard InChI is InChI=1S/C12H25N/c1-4-6-10-13(3)11-9-12(5-2)7-8-12/h4-11H2,1-3H3. The molecule has 0 heterocycles. The van der Waals surface area contributed by atoms with Crippen molar-refractivity contribution in [3.8, 4) is 0 Å². The van der Waals surface area contributed by atoms with E-state index in [4.69, 9.17) is 0 Å². The van der Waals surface area contributed by atoms with E-state index in [0.717, 1.165) is 5.41 Å². The molecule has 1 heteroatoms. The number of rotatable bonds is 7. The predicted molar refractivity (Wildman–Crippen MR) is 59.0 cm³/mol. The van der Waals surface area contributed by atoms with Gasteiger partial charge in [0.25, 0.3) is 0 Å². The zero-order valence-electron chi connectivity index (χ0n) is 9.60. The molecule has 0 spiro atoms. The first-order chi connectivity index (χ1) is 6.22. The van der Waals surface area contributed by atoms with Gasteiger partial charge in [0.15, 0.2) is 0 Å². The Hall–Kier alpha value is -0.0400. The topological polar surface area (TPSA) is 3.24 Å². The number of nitrogens with zero attached hydrogens (tertiary/aromatic N) is 1. The summed E-state index contributed by atoms with van der Waals surface area (Å²) in [4.78, 5) is 2.50. The summed E-state index contributed by atoms with van der Waals surface area (Å²) < 4.78 is 0. The summed E-state index contributed by atoms with van der Waals surface area (Å²) in [5.74, 6) is 0. The maximum Gasteiger partial charge on any atom is -0.00165 e. The fraction of sp³-hybridized carbons (Fsp3) is 1.00. The minimum absolute atomic E-state index is 0.778. The van der Waals surface area contributed by atoms with Crippen LogP contribution in [-0.4, -0.2) is 25.0 Å². The van der Waals surface area contributed by atoms with Crippen LogP contribution in [0.25, 0.3) is 0 Å². The van der Waals surface area contributed by atoms with Crippen molar-refractivity contribution in [2.75, 3.05) is 20.1 Å². The number of unbranched alkanes of at least 4 members (excludes halogenated alkanes) is 1. The van der Waals surface area contributed by atoms with E-state index in [0.29, 0.717) is 0 Å². The highest BCUT2D eigenvalue weighted by Gasteiger charge is 2.39. The first kappa shape index (κ1) is 11.0. The smallest absolute Gasteiger partial charge is 0.00165 e. The molecule has 78 valence electrons. The van der Waals surface area contributed by atoms with Gasteiger partial charge in [-0.25, -0.2) is 0 Å². The van der Waals surface area contributed by atoms with Crippen molar-refractivity contribution in [3.63, 3.8) is 0 Å². The molecule has 0 aromatic rings. The van der Waals surface area contributed by atoms with Crippen molar-refractivity contribution >= 4 is 0 Å². The van der Waals surface area contributed by atoms with E-state index in [9.17, 15) is 0 Å². The van der Waals surface area contributed by atoms with Crippen molar-refractivity contribution in [2.24, 2.45) is 5.41 Å². The fourth-order valence-corrected chi connectivity index (χ4v) is 1.92. The van der Waals surface area contributed by atoms with Crippen LogP contribution in [0.5, 0.6) is 0 Å². The molecule has 13 heavy (non-hydrogen) atoms. The Bertz CT molecular complexity index is 138. The van der Waals surface area contributed by atoms with Crippen LogP contribution in [0, 0.1) is 5.41 Å². The zero-order chi connectivity index (χ0) is 9.73. The Balaban J connectivity index is 2.04. The Kier molecular flexibility index (Phi) is 4.24. The SMILES string of the molecule is CCCCN(C)CCC1(CC)CC1. The summed E-state index contributed by atoms with van der Waals surface area (Å²) in [6, 6.07) is 0. The molecule has 0 bridgehead atoms. The van der Waals surface area contributed by atoms with E-state index >= 15 is 0 Å². The van der Waals surface area contributed by atoms with Gasteiger partial charge < -0.3 is 4.90 Å². The average Bonchev–Trinajstić information content (AvgIpc) is 2.92. The van der Waals surface area contributed by atoms with E-state index in [1.54, 1.807) is 0 Å². The first-order valence-electron chi connectivity index (χ1n) is 5.91. The van der Waals surface area contributed by atoms with E-state index < -0.39 is 0 Å². The van der Waals surface area contributed by atoms with E-state index in [2.05, 4.69) is 25.8 Å². The Morgan fingerprint density at radius 2 is 1.85 bits per heavy atom. The highest BCUT2D eigenvalue weighted by atomic mass is 15.1. The summed E-state index contributed by atoms with van der Waals surface area (Å²) >= 11 is 0. The quantitative estimate of drug-likeness (QED) is 0.585. The lowest BCUT2D eigenvalue weighted by molar-refractivity contribution is 0.284. The lowest BCUT2D eigenvalue weighted by atomic mass is 9.99. The molecule has 1 aliphatic carbocycles. The molecule has 0 aliphatic heterocycles. The highest BCUT2D eigenvalue weighted by molar-refractivity contribution is 4.91. The molecule has 0 N–H and O–H groups in total. The van der Waals surface area contributed by atoms with Crippen molar-refractivity contribution in [1.82, 2.24) is 4.90 Å². The van der Waals surface area contributed by atoms with Crippen molar-refractivity contribution < 1.29 is 0 Å². The molecule has 0 atom stereocenters. The van der Waals surface area contributed by atoms with Gasteiger partial charge in [0.2, 0.25) is 0 Å². The molecule has 0 aromatic carbocycles. The molecule has 0 saturated heterocycles. The molecular formula is C12H25N. The third kappa shape index (κ3) is 3.68. The monoisotopic (exact) mass is 183 g/mol. The second-order valence-electron chi connectivity index (χ2n) is 4.76. The van der Waals surface area contributed by atoms with Gasteiger partial charge >= 0.3 is 0 Å². The van der Waals surface area contributed by atoms with Crippen LogP contribution in [0.15, 0.2) is 0 Å². The van der Waals surface area contributed by atoms with Crippen molar-refractivity contribution in [2.45, 2.75) is 52.4 Å². The number of hydrogen-bond donors (Lipinski definition) is 0. The van der Waals surface area contributed by atoms with Crippen LogP contribution in [0.2, 0.25) is 0 Å². The minimum atomic E-state index is 0.778. The third-order valence-electron chi connectivity index (χ3n) is 3.62. The summed E-state index contributed by atoms with van der Waals surface area (Å²) in [6.45, 7) is 7.21. The molecule has 0 radical (unpaired) electrons. The van der Waals surface area contributed by atoms with Crippen LogP contribution in [0.3, 0.4) is 0 Å². The number of hydrogen-bond acceptors (Lipinski definition) is 1. The van der Waals surface area contributed by atoms with Gasteiger partial charge in [-0.1, -0.05) is 26.7 Å². The second-order valence-corrected chi connectivity index (χ2v) is 4.76. The zero-order valence-corrected chi connectivity index (χ0v) is 9.60. The molecule has 1 fully saturated rings. The molecule has 0 aromatic heterocycles. The first-order valence-corrected chi connectivity index (χ1v) is 5.91. The van der Waals surface area contributed by atoms with Gasteiger partial charge in [-0.05, 0) is 51.2 Å². The highest BCUT2D eigenvalue weighted by Crippen LogP contribution is 2.51. The van der Waals surface area contributed by atoms with E-state index in [1.807, 2.05) is 0 Å². The van der Waals surface area contributed by atoms with Crippen molar-refractivity contribution in [3.05, 3.63) is 0 Å². The van der Waals surface area contributed by atoms with Gasteiger partial charge in [0, 0.05) is 0 Å². The molecule has 1 aliphatic rings. The van der Waals surface area contributed by atoms with Crippen LogP contribution < -0.4 is 0 Å². The summed E-state index contributed by atoms with van der Waals surface area (Å²) in [5.41, 5.74) is 0.778. The lowest BCUT2D eigenvalue weighted by Crippen LogP contribution is -2.23. The molecular weight excluding hydrogens is 158 g/mol. The Morgan fingerprint density at radius 1 is 1.15 bits per heavy atom. The fourth-order valence-electron chi connectivity index (χ4n) is 1.92. The summed E-state index contributed by atoms with van der Waals surface area (Å²) in [6.07, 6.45) is 8.49. The molecule has 1 nitrogen and oxygen atoms in total. The Morgan fingerprint density at radius 3 is 2.31 bits per heavy atom. The van der Waals surface area contributed by atoms with Crippen LogP contribution in [0.1, 0.15) is 52.4 Å². The molecule has 0 unspecified atom stereocenters. The predicted octanol–water partition coefficient (Wildman–Crippen LogP) is 3.30. The minimum Gasteiger partial charge on any atom is -0.306 e. The molecule has 0 amide bonds. The lowest BCUT2D eigenvalue weighted by Gasteiger charge is -2.19. The van der Waals surface area contributed by atoms with E-state index in [-0.39, 0.29) is 0 Å². The molecule has 1 saturated carbocycles. The van der Waals surface area contributed by atoms with Gasteiger partial charge in [-0.2, -0.15) is 0 Å². The van der Waals surface area contributed by atoms with Gasteiger partial charge in [0.05, 0.1) is 0 Å². The normalized spacial score (nSPS) is 19.4. The molecule has 1 rings (SSSR count).